The van der Waals surface area contributed by atoms with Crippen LogP contribution in [0, 0.1) is 0 Å². The number of fused-ring (bicyclic) bond motifs is 2. The van der Waals surface area contributed by atoms with Gasteiger partial charge in [-0.25, -0.2) is 0 Å². The van der Waals surface area contributed by atoms with Crippen molar-refractivity contribution in [3.63, 3.8) is 0 Å². The normalized spacial score (nSPS) is 11.3. The Morgan fingerprint density at radius 3 is 2.63 bits per heavy atom. The Bertz CT molecular complexity index is 1230. The first-order chi connectivity index (χ1) is 13.2. The van der Waals surface area contributed by atoms with Crippen LogP contribution in [0.5, 0.6) is 0 Å². The van der Waals surface area contributed by atoms with Gasteiger partial charge in [0.25, 0.3) is 0 Å². The van der Waals surface area contributed by atoms with Crippen molar-refractivity contribution in [1.82, 2.24) is 25.1 Å². The van der Waals surface area contributed by atoms with Crippen molar-refractivity contribution in [3.8, 4) is 22.5 Å². The minimum absolute atomic E-state index is 0.903. The molecule has 5 aromatic rings. The van der Waals surface area contributed by atoms with Crippen LogP contribution < -0.4 is 4.90 Å². The Morgan fingerprint density at radius 1 is 0.852 bits per heavy atom. The highest BCUT2D eigenvalue weighted by Gasteiger charge is 2.12. The van der Waals surface area contributed by atoms with Crippen LogP contribution in [0.15, 0.2) is 61.2 Å². The molecule has 132 valence electrons. The lowest BCUT2D eigenvalue weighted by Gasteiger charge is -2.13. The highest BCUT2D eigenvalue weighted by atomic mass is 15.1. The summed E-state index contributed by atoms with van der Waals surface area (Å²) in [4.78, 5) is 14.0. The van der Waals surface area contributed by atoms with Crippen molar-refractivity contribution < 1.29 is 0 Å². The number of nitrogens with zero attached hydrogens (tertiary/aromatic N) is 4. The number of pyridine rings is 2. The number of hydrogen-bond donors (Lipinski definition) is 2. The maximum Gasteiger partial charge on any atom is 0.116 e. The second-order valence-corrected chi connectivity index (χ2v) is 6.80. The molecule has 2 N–H and O–H groups in total. The number of aromatic amines is 2. The monoisotopic (exact) mass is 354 g/mol. The van der Waals surface area contributed by atoms with Crippen molar-refractivity contribution in [2.45, 2.75) is 0 Å². The van der Waals surface area contributed by atoms with Gasteiger partial charge < -0.3 is 9.88 Å². The summed E-state index contributed by atoms with van der Waals surface area (Å²) in [6.45, 7) is 0. The van der Waals surface area contributed by atoms with Gasteiger partial charge in [0.2, 0.25) is 0 Å². The zero-order chi connectivity index (χ0) is 18.4. The lowest BCUT2D eigenvalue weighted by molar-refractivity contribution is 1.11. The summed E-state index contributed by atoms with van der Waals surface area (Å²) in [5.74, 6) is 0. The molecule has 0 aliphatic rings. The first kappa shape index (κ1) is 15.6. The summed E-state index contributed by atoms with van der Waals surface area (Å²) < 4.78 is 0. The van der Waals surface area contributed by atoms with E-state index in [9.17, 15) is 0 Å². The number of aromatic nitrogens is 5. The predicted molar refractivity (Wildman–Crippen MR) is 109 cm³/mol. The molecule has 0 saturated heterocycles. The summed E-state index contributed by atoms with van der Waals surface area (Å²) in [6, 6.07) is 12.6. The zero-order valence-corrected chi connectivity index (χ0v) is 15.1. The van der Waals surface area contributed by atoms with Crippen LogP contribution >= 0.6 is 0 Å². The largest absolute Gasteiger partial charge is 0.376 e. The van der Waals surface area contributed by atoms with Crippen molar-refractivity contribution in [2.24, 2.45) is 0 Å². The number of hydrogen-bond acceptors (Lipinski definition) is 4. The second kappa shape index (κ2) is 5.95. The molecule has 0 saturated carbocycles. The van der Waals surface area contributed by atoms with Crippen LogP contribution in [0.1, 0.15) is 0 Å². The van der Waals surface area contributed by atoms with Crippen LogP contribution in [-0.2, 0) is 0 Å². The van der Waals surface area contributed by atoms with Gasteiger partial charge >= 0.3 is 0 Å². The topological polar surface area (TPSA) is 73.5 Å². The van der Waals surface area contributed by atoms with Gasteiger partial charge in [-0.2, -0.15) is 5.10 Å². The minimum Gasteiger partial charge on any atom is -0.376 e. The maximum atomic E-state index is 4.54. The molecule has 0 radical (unpaired) electrons. The molecular weight excluding hydrogens is 336 g/mol. The van der Waals surface area contributed by atoms with Crippen LogP contribution in [-0.4, -0.2) is 39.2 Å². The second-order valence-electron chi connectivity index (χ2n) is 6.80. The van der Waals surface area contributed by atoms with Gasteiger partial charge in [0.1, 0.15) is 5.69 Å². The fraction of sp³-hybridized carbons (Fsp3) is 0.0952. The standard InChI is InChI=1S/C21H18N6/c1-27(2)16-7-15(10-23-11-16)13-3-4-18-17(8-13)21(26-25-18)19-9-14-5-6-22-12-20(14)24-19/h3-12,24H,1-2H3,(H,25,26). The molecule has 4 aromatic heterocycles. The van der Waals surface area contributed by atoms with E-state index in [2.05, 4.69) is 60.4 Å². The molecule has 27 heavy (non-hydrogen) atoms. The first-order valence-electron chi connectivity index (χ1n) is 8.73. The third-order valence-electron chi connectivity index (χ3n) is 4.82. The smallest absolute Gasteiger partial charge is 0.116 e. The Balaban J connectivity index is 1.65. The van der Waals surface area contributed by atoms with Crippen molar-refractivity contribution in [2.75, 3.05) is 19.0 Å². The summed E-state index contributed by atoms with van der Waals surface area (Å²) >= 11 is 0. The average molecular weight is 354 g/mol. The fourth-order valence-electron chi connectivity index (χ4n) is 3.33. The van der Waals surface area contributed by atoms with Crippen LogP contribution in [0.2, 0.25) is 0 Å². The van der Waals surface area contributed by atoms with E-state index in [1.165, 1.54) is 0 Å². The van der Waals surface area contributed by atoms with Gasteiger partial charge in [-0.1, -0.05) is 6.07 Å². The molecule has 0 aliphatic heterocycles. The molecule has 0 atom stereocenters. The summed E-state index contributed by atoms with van der Waals surface area (Å²) in [7, 11) is 4.03. The van der Waals surface area contributed by atoms with E-state index in [1.54, 1.807) is 6.20 Å². The molecule has 0 spiro atoms. The number of anilines is 1. The van der Waals surface area contributed by atoms with E-state index >= 15 is 0 Å². The lowest BCUT2D eigenvalue weighted by atomic mass is 10.0. The predicted octanol–water partition coefficient (Wildman–Crippen LogP) is 4.23. The minimum atomic E-state index is 0.903. The number of H-pyrrole nitrogens is 2. The summed E-state index contributed by atoms with van der Waals surface area (Å²) in [6.07, 6.45) is 7.38. The highest BCUT2D eigenvalue weighted by Crippen LogP contribution is 2.32. The van der Waals surface area contributed by atoms with Gasteiger partial charge in [-0.05, 0) is 35.9 Å². The quantitative estimate of drug-likeness (QED) is 0.508. The molecule has 4 heterocycles. The Morgan fingerprint density at radius 2 is 1.78 bits per heavy atom. The molecule has 0 unspecified atom stereocenters. The van der Waals surface area contributed by atoms with Gasteiger partial charge in [0, 0.05) is 42.8 Å². The van der Waals surface area contributed by atoms with Gasteiger partial charge in [0.15, 0.2) is 0 Å². The summed E-state index contributed by atoms with van der Waals surface area (Å²) in [5.41, 5.74) is 7.14. The third-order valence-corrected chi connectivity index (χ3v) is 4.82. The molecule has 0 aliphatic carbocycles. The molecule has 1 aromatic carbocycles. The van der Waals surface area contributed by atoms with Crippen molar-refractivity contribution in [1.29, 1.82) is 0 Å². The molecular formula is C21H18N6. The van der Waals surface area contributed by atoms with Crippen LogP contribution in [0.3, 0.4) is 0 Å². The van der Waals surface area contributed by atoms with Gasteiger partial charge in [0.05, 0.1) is 34.8 Å². The van der Waals surface area contributed by atoms with E-state index in [4.69, 9.17) is 0 Å². The van der Waals surface area contributed by atoms with Gasteiger partial charge in [-0.15, -0.1) is 0 Å². The maximum absolute atomic E-state index is 4.54. The molecule has 6 heteroatoms. The first-order valence-corrected chi connectivity index (χ1v) is 8.73. The number of rotatable bonds is 3. The molecule has 0 amide bonds. The van der Waals surface area contributed by atoms with Crippen molar-refractivity contribution in [3.05, 3.63) is 61.2 Å². The Hall–Kier alpha value is -3.67. The van der Waals surface area contributed by atoms with Gasteiger partial charge in [-0.3, -0.25) is 15.1 Å². The SMILES string of the molecule is CN(C)c1cncc(-c2ccc3[nH]nc(-c4cc5ccncc5[nH]4)c3c2)c1. The summed E-state index contributed by atoms with van der Waals surface area (Å²) in [5, 5.41) is 9.86. The number of benzene rings is 1. The molecule has 0 fully saturated rings. The fourth-order valence-corrected chi connectivity index (χ4v) is 3.33. The van der Waals surface area contributed by atoms with E-state index in [1.807, 2.05) is 38.8 Å². The third kappa shape index (κ3) is 2.62. The molecule has 6 nitrogen and oxygen atoms in total. The van der Waals surface area contributed by atoms with Crippen LogP contribution in [0.25, 0.3) is 44.3 Å². The van der Waals surface area contributed by atoms with E-state index in [-0.39, 0.29) is 0 Å². The van der Waals surface area contributed by atoms with E-state index in [0.29, 0.717) is 0 Å². The lowest BCUT2D eigenvalue weighted by Crippen LogP contribution is -2.08. The van der Waals surface area contributed by atoms with E-state index in [0.717, 1.165) is 50.0 Å². The van der Waals surface area contributed by atoms with E-state index < -0.39 is 0 Å². The molecule has 5 rings (SSSR count). The molecule has 0 bridgehead atoms. The Kier molecular flexibility index (Phi) is 3.43. The Labute approximate surface area is 155 Å². The average Bonchev–Trinajstić information content (AvgIpc) is 3.31. The number of nitrogens with one attached hydrogen (secondary N) is 2. The van der Waals surface area contributed by atoms with Crippen LogP contribution in [0.4, 0.5) is 5.69 Å². The van der Waals surface area contributed by atoms with Crippen molar-refractivity contribution >= 4 is 27.5 Å². The zero-order valence-electron chi connectivity index (χ0n) is 15.1. The highest BCUT2D eigenvalue weighted by molar-refractivity contribution is 5.97.